The van der Waals surface area contributed by atoms with Crippen LogP contribution in [-0.4, -0.2) is 35.1 Å². The van der Waals surface area contributed by atoms with Gasteiger partial charge in [0.1, 0.15) is 0 Å². The van der Waals surface area contributed by atoms with E-state index in [1.54, 1.807) is 0 Å². The first-order valence-corrected chi connectivity index (χ1v) is 6.51. The smallest absolute Gasteiger partial charge is 0.0479 e. The van der Waals surface area contributed by atoms with Crippen molar-refractivity contribution in [3.05, 3.63) is 0 Å². The molecule has 0 aliphatic carbocycles. The van der Waals surface area contributed by atoms with E-state index in [9.17, 15) is 0 Å². The van der Waals surface area contributed by atoms with Crippen LogP contribution in [-0.2, 0) is 21.7 Å². The summed E-state index contributed by atoms with van der Waals surface area (Å²) in [7, 11) is 0. The summed E-state index contributed by atoms with van der Waals surface area (Å²) in [5, 5.41) is 25.2. The van der Waals surface area contributed by atoms with Crippen LogP contribution in [0.5, 0.6) is 0 Å². The topological polar surface area (TPSA) is 60.7 Å². The number of hydrogen-bond donors (Lipinski definition) is 3. The largest absolute Gasteiger partial charge is 0.396 e. The van der Waals surface area contributed by atoms with E-state index >= 15 is 0 Å². The van der Waals surface area contributed by atoms with Crippen LogP contribution in [0.3, 0.4) is 0 Å². The summed E-state index contributed by atoms with van der Waals surface area (Å²) in [6.45, 7) is 18.8. The van der Waals surface area contributed by atoms with Crippen molar-refractivity contribution in [1.29, 1.82) is 0 Å². The van der Waals surface area contributed by atoms with Gasteiger partial charge in [-0.1, -0.05) is 62.3 Å². The van der Waals surface area contributed by atoms with Gasteiger partial charge in [-0.2, -0.15) is 0 Å². The Hall–Kier alpha value is 0.594. The first-order valence-electron chi connectivity index (χ1n) is 6.51. The van der Waals surface area contributed by atoms with E-state index in [2.05, 4.69) is 0 Å². The summed E-state index contributed by atoms with van der Waals surface area (Å²) in [5.41, 5.74) is 0.292. The van der Waals surface area contributed by atoms with E-state index in [1.807, 2.05) is 62.3 Å². The maximum absolute atomic E-state index is 8.40. The Morgan fingerprint density at radius 3 is 0.526 bits per heavy atom. The van der Waals surface area contributed by atoms with Gasteiger partial charge < -0.3 is 15.3 Å². The average Bonchev–Trinajstić information content (AvgIpc) is 2.16. The van der Waals surface area contributed by atoms with Crippen molar-refractivity contribution in [2.24, 2.45) is 16.2 Å². The minimum Gasteiger partial charge on any atom is -0.396 e. The maximum atomic E-state index is 8.40. The van der Waals surface area contributed by atoms with E-state index < -0.39 is 0 Å². The van der Waals surface area contributed by atoms with Crippen LogP contribution in [0.15, 0.2) is 0 Å². The maximum Gasteiger partial charge on any atom is 0.0479 e. The second kappa shape index (κ2) is 12.3. The molecular weight excluding hydrogens is 276 g/mol. The van der Waals surface area contributed by atoms with Gasteiger partial charge in [-0.3, -0.25) is 0 Å². The number of hydrogen-bond acceptors (Lipinski definition) is 3. The quantitative estimate of drug-likeness (QED) is 0.602. The fourth-order valence-corrected chi connectivity index (χ4v) is 0. The molecule has 0 rings (SSSR count). The van der Waals surface area contributed by atoms with Crippen molar-refractivity contribution < 1.29 is 37.0 Å². The molecule has 118 valence electrons. The summed E-state index contributed by atoms with van der Waals surface area (Å²) in [5.74, 6) is 0. The molecule has 0 bridgehead atoms. The van der Waals surface area contributed by atoms with Crippen LogP contribution in [0.2, 0.25) is 0 Å². The molecule has 3 N–H and O–H groups in total. The van der Waals surface area contributed by atoms with E-state index in [1.165, 1.54) is 0 Å². The Labute approximate surface area is 135 Å². The summed E-state index contributed by atoms with van der Waals surface area (Å²) in [4.78, 5) is 0. The van der Waals surface area contributed by atoms with Crippen molar-refractivity contribution >= 4 is 0 Å². The van der Waals surface area contributed by atoms with E-state index in [-0.39, 0.29) is 57.8 Å². The molecule has 0 amide bonds. The molecule has 0 atom stereocenters. The fourth-order valence-electron chi connectivity index (χ4n) is 0. The molecule has 0 unspecified atom stereocenters. The Bertz CT molecular complexity index is 140. The SMILES string of the molecule is CC(C)(C)CO.CC(C)(C)CO.CC(C)(C)CO.[Ti]. The molecule has 0 aliphatic rings. The monoisotopic (exact) mass is 312 g/mol. The van der Waals surface area contributed by atoms with Gasteiger partial charge in [0.2, 0.25) is 0 Å². The molecule has 0 fully saturated rings. The third-order valence-corrected chi connectivity index (χ3v) is 1.42. The predicted octanol–water partition coefficient (Wildman–Crippen LogP) is 3.07. The first-order chi connectivity index (χ1) is 7.68. The Morgan fingerprint density at radius 2 is 0.526 bits per heavy atom. The zero-order chi connectivity index (χ0) is 15.6. The van der Waals surface area contributed by atoms with Crippen molar-refractivity contribution in [3.8, 4) is 0 Å². The van der Waals surface area contributed by atoms with Crippen LogP contribution in [0, 0.1) is 16.2 Å². The number of aliphatic hydroxyl groups is 3. The molecule has 19 heavy (non-hydrogen) atoms. The Morgan fingerprint density at radius 1 is 0.474 bits per heavy atom. The second-order valence-corrected chi connectivity index (χ2v) is 8.16. The molecule has 0 aromatic carbocycles. The number of aliphatic hydroxyl groups excluding tert-OH is 3. The molecule has 0 aromatic rings. The van der Waals surface area contributed by atoms with Crippen molar-refractivity contribution in [3.63, 3.8) is 0 Å². The normalized spacial score (nSPS) is 11.4. The molecular formula is C15H36O3Ti. The third-order valence-electron chi connectivity index (χ3n) is 1.42. The van der Waals surface area contributed by atoms with Crippen molar-refractivity contribution in [2.45, 2.75) is 62.3 Å². The zero-order valence-corrected chi connectivity index (χ0v) is 16.0. The third kappa shape index (κ3) is 55.6. The van der Waals surface area contributed by atoms with Crippen molar-refractivity contribution in [1.82, 2.24) is 0 Å². The molecule has 0 spiro atoms. The molecule has 0 saturated heterocycles. The Kier molecular flexibility index (Phi) is 18.1. The van der Waals surface area contributed by atoms with Gasteiger partial charge in [0.25, 0.3) is 0 Å². The molecule has 3 nitrogen and oxygen atoms in total. The van der Waals surface area contributed by atoms with Gasteiger partial charge in [-0.05, 0) is 16.2 Å². The van der Waals surface area contributed by atoms with Gasteiger partial charge in [-0.15, -0.1) is 0 Å². The van der Waals surface area contributed by atoms with E-state index in [4.69, 9.17) is 15.3 Å². The predicted molar refractivity (Wildman–Crippen MR) is 79.6 cm³/mol. The molecule has 0 aliphatic heterocycles. The minimum atomic E-state index is 0. The molecule has 0 saturated carbocycles. The minimum absolute atomic E-state index is 0. The van der Waals surface area contributed by atoms with E-state index in [0.717, 1.165) is 0 Å². The summed E-state index contributed by atoms with van der Waals surface area (Å²) < 4.78 is 0. The number of rotatable bonds is 0. The zero-order valence-electron chi connectivity index (χ0n) is 14.5. The summed E-state index contributed by atoms with van der Waals surface area (Å²) in [6.07, 6.45) is 0. The van der Waals surface area contributed by atoms with Crippen LogP contribution < -0.4 is 0 Å². The van der Waals surface area contributed by atoms with Gasteiger partial charge >= 0.3 is 0 Å². The Balaban J connectivity index is -0.0000000865. The standard InChI is InChI=1S/3C5H12O.Ti/c3*1-5(2,3)4-6;/h3*6H,4H2,1-3H3;. The van der Waals surface area contributed by atoms with Crippen LogP contribution in [0.25, 0.3) is 0 Å². The molecule has 0 radical (unpaired) electrons. The first kappa shape index (κ1) is 27.9. The summed E-state index contributed by atoms with van der Waals surface area (Å²) in [6, 6.07) is 0. The van der Waals surface area contributed by atoms with Crippen LogP contribution in [0.1, 0.15) is 62.3 Å². The fraction of sp³-hybridized carbons (Fsp3) is 1.00. The summed E-state index contributed by atoms with van der Waals surface area (Å²) >= 11 is 0. The van der Waals surface area contributed by atoms with E-state index in [0.29, 0.717) is 0 Å². The molecule has 4 heteroatoms. The van der Waals surface area contributed by atoms with Crippen molar-refractivity contribution in [2.75, 3.05) is 19.8 Å². The molecule has 0 aromatic heterocycles. The van der Waals surface area contributed by atoms with Crippen LogP contribution in [0.4, 0.5) is 0 Å². The van der Waals surface area contributed by atoms with Gasteiger partial charge in [0.15, 0.2) is 0 Å². The average molecular weight is 312 g/mol. The molecule has 0 heterocycles. The van der Waals surface area contributed by atoms with Gasteiger partial charge in [-0.25, -0.2) is 0 Å². The van der Waals surface area contributed by atoms with Crippen LogP contribution >= 0.6 is 0 Å². The second-order valence-electron chi connectivity index (χ2n) is 8.16. The van der Waals surface area contributed by atoms with Gasteiger partial charge in [0, 0.05) is 41.5 Å². The van der Waals surface area contributed by atoms with Gasteiger partial charge in [0.05, 0.1) is 0 Å².